The second-order valence-corrected chi connectivity index (χ2v) is 8.69. The zero-order chi connectivity index (χ0) is 19.3. The number of amides is 1. The number of hydrogen-bond donors (Lipinski definition) is 2. The predicted octanol–water partition coefficient (Wildman–Crippen LogP) is 1.33. The minimum absolute atomic E-state index is 0.134. The normalized spacial score (nSPS) is 18.7. The van der Waals surface area contributed by atoms with E-state index in [4.69, 9.17) is 9.84 Å². The molecule has 1 saturated heterocycles. The van der Waals surface area contributed by atoms with E-state index in [0.717, 1.165) is 5.56 Å². The maximum atomic E-state index is 13.2. The van der Waals surface area contributed by atoms with Gasteiger partial charge in [0.25, 0.3) is 0 Å². The molecule has 146 valence electrons. The summed E-state index contributed by atoms with van der Waals surface area (Å²) in [5.74, 6) is -0.138. The molecule has 1 heterocycles. The van der Waals surface area contributed by atoms with Gasteiger partial charge in [0.05, 0.1) is 19.6 Å². The molecule has 1 aromatic carbocycles. The fourth-order valence-corrected chi connectivity index (χ4v) is 4.81. The van der Waals surface area contributed by atoms with Gasteiger partial charge >= 0.3 is 0 Å². The van der Waals surface area contributed by atoms with Crippen LogP contribution in [0, 0.1) is 5.92 Å². The van der Waals surface area contributed by atoms with Gasteiger partial charge in [-0.3, -0.25) is 4.79 Å². The lowest BCUT2D eigenvalue weighted by molar-refractivity contribution is -0.126. The van der Waals surface area contributed by atoms with Crippen molar-refractivity contribution in [3.63, 3.8) is 0 Å². The number of aliphatic hydroxyl groups excluding tert-OH is 1. The molecule has 1 aliphatic rings. The molecule has 0 spiro atoms. The fourth-order valence-electron chi connectivity index (χ4n) is 3.09. The Bertz CT molecular complexity index is 733. The van der Waals surface area contributed by atoms with Crippen LogP contribution in [0.1, 0.15) is 38.2 Å². The summed E-state index contributed by atoms with van der Waals surface area (Å²) in [7, 11) is -2.32. The number of rotatable bonds is 7. The van der Waals surface area contributed by atoms with Crippen LogP contribution in [0.2, 0.25) is 0 Å². The molecule has 7 nitrogen and oxygen atoms in total. The summed E-state index contributed by atoms with van der Waals surface area (Å²) in [4.78, 5) is 12.3. The van der Waals surface area contributed by atoms with Crippen molar-refractivity contribution < 1.29 is 23.1 Å². The van der Waals surface area contributed by atoms with E-state index in [0.29, 0.717) is 25.1 Å². The number of aliphatic hydroxyl groups is 1. The van der Waals surface area contributed by atoms with Gasteiger partial charge in [-0.1, -0.05) is 19.9 Å². The molecule has 2 rings (SSSR count). The molecule has 2 N–H and O–H groups in total. The highest BCUT2D eigenvalue weighted by Crippen LogP contribution is 2.32. The highest BCUT2D eigenvalue weighted by Gasteiger charge is 2.35. The number of sulfonamides is 1. The van der Waals surface area contributed by atoms with E-state index in [-0.39, 0.29) is 36.4 Å². The highest BCUT2D eigenvalue weighted by atomic mass is 32.2. The minimum atomic E-state index is -3.77. The van der Waals surface area contributed by atoms with E-state index >= 15 is 0 Å². The lowest BCUT2D eigenvalue weighted by Crippen LogP contribution is -2.45. The summed E-state index contributed by atoms with van der Waals surface area (Å²) >= 11 is 0. The van der Waals surface area contributed by atoms with Crippen molar-refractivity contribution in [2.24, 2.45) is 5.92 Å². The molecule has 1 amide bonds. The third-order valence-corrected chi connectivity index (χ3v) is 6.52. The number of carbonyl (C=O) groups is 1. The molecular formula is C18H28N2O5S. The van der Waals surface area contributed by atoms with Crippen LogP contribution in [0.25, 0.3) is 0 Å². The van der Waals surface area contributed by atoms with Gasteiger partial charge < -0.3 is 15.2 Å². The summed E-state index contributed by atoms with van der Waals surface area (Å²) in [6.45, 7) is 4.54. The van der Waals surface area contributed by atoms with Crippen molar-refractivity contribution in [2.75, 3.05) is 33.4 Å². The van der Waals surface area contributed by atoms with Crippen LogP contribution in [-0.2, 0) is 14.8 Å². The van der Waals surface area contributed by atoms with Gasteiger partial charge in [-0.15, -0.1) is 0 Å². The Labute approximate surface area is 155 Å². The Hall–Kier alpha value is -1.64. The van der Waals surface area contributed by atoms with Crippen LogP contribution >= 0.6 is 0 Å². The van der Waals surface area contributed by atoms with Crippen molar-refractivity contribution in [1.29, 1.82) is 0 Å². The first-order valence-electron chi connectivity index (χ1n) is 8.88. The van der Waals surface area contributed by atoms with Crippen LogP contribution in [-0.4, -0.2) is 57.1 Å². The molecule has 1 fully saturated rings. The third kappa shape index (κ3) is 4.55. The van der Waals surface area contributed by atoms with Crippen molar-refractivity contribution >= 4 is 15.9 Å². The molecule has 0 bridgehead atoms. The Morgan fingerprint density at radius 1 is 1.42 bits per heavy atom. The second kappa shape index (κ2) is 8.83. The van der Waals surface area contributed by atoms with Crippen molar-refractivity contribution in [2.45, 2.75) is 37.5 Å². The van der Waals surface area contributed by atoms with Gasteiger partial charge in [-0.2, -0.15) is 4.31 Å². The average molecular weight is 384 g/mol. The molecule has 1 aromatic rings. The average Bonchev–Trinajstić information content (AvgIpc) is 2.65. The summed E-state index contributed by atoms with van der Waals surface area (Å²) in [6, 6.07) is 5.20. The first kappa shape index (κ1) is 20.7. The van der Waals surface area contributed by atoms with Crippen molar-refractivity contribution in [3.8, 4) is 5.75 Å². The number of nitrogens with one attached hydrogen (secondary N) is 1. The predicted molar refractivity (Wildman–Crippen MR) is 98.7 cm³/mol. The Balaban J connectivity index is 2.29. The summed E-state index contributed by atoms with van der Waals surface area (Å²) in [5, 5.41) is 11.5. The summed E-state index contributed by atoms with van der Waals surface area (Å²) in [6.07, 6.45) is 1.25. The van der Waals surface area contributed by atoms with E-state index in [1.54, 1.807) is 12.1 Å². The largest absolute Gasteiger partial charge is 0.495 e. The first-order chi connectivity index (χ1) is 12.3. The smallest absolute Gasteiger partial charge is 0.246 e. The number of nitrogens with zero attached hydrogens (tertiary/aromatic N) is 1. The maximum absolute atomic E-state index is 13.2. The third-order valence-electron chi connectivity index (χ3n) is 4.64. The van der Waals surface area contributed by atoms with Gasteiger partial charge in [0, 0.05) is 19.6 Å². The van der Waals surface area contributed by atoms with E-state index in [1.165, 1.54) is 11.4 Å². The molecule has 1 atom stereocenters. The van der Waals surface area contributed by atoms with Gasteiger partial charge in [-0.05, 0) is 36.5 Å². The zero-order valence-corrected chi connectivity index (χ0v) is 16.4. The van der Waals surface area contributed by atoms with Crippen LogP contribution in [0.4, 0.5) is 0 Å². The number of hydrogen-bond acceptors (Lipinski definition) is 5. The minimum Gasteiger partial charge on any atom is -0.495 e. The van der Waals surface area contributed by atoms with Gasteiger partial charge in [0.2, 0.25) is 15.9 Å². The standard InChI is InChI=1S/C18H28N2O5S/c1-13(2)14-6-7-16(25-3)17(11-14)26(23,24)20-9-4-5-15(12-20)18(22)19-8-10-21/h6-7,11,13,15,21H,4-5,8-10,12H2,1-3H3,(H,19,22)/t15-/m1/s1. The Kier molecular flexibility index (Phi) is 7.02. The molecule has 0 aromatic heterocycles. The van der Waals surface area contributed by atoms with E-state index in [1.807, 2.05) is 19.9 Å². The quantitative estimate of drug-likeness (QED) is 0.739. The summed E-state index contributed by atoms with van der Waals surface area (Å²) < 4.78 is 33.0. The first-order valence-corrected chi connectivity index (χ1v) is 10.3. The number of benzene rings is 1. The number of piperidine rings is 1. The van der Waals surface area contributed by atoms with Crippen LogP contribution in [0.15, 0.2) is 23.1 Å². The van der Waals surface area contributed by atoms with E-state index in [9.17, 15) is 13.2 Å². The molecular weight excluding hydrogens is 356 g/mol. The molecule has 0 unspecified atom stereocenters. The van der Waals surface area contributed by atoms with Crippen LogP contribution in [0.3, 0.4) is 0 Å². The molecule has 8 heteroatoms. The number of ether oxygens (including phenoxy) is 1. The van der Waals surface area contributed by atoms with Gasteiger partial charge in [-0.25, -0.2) is 8.42 Å². The topological polar surface area (TPSA) is 95.9 Å². The Morgan fingerprint density at radius 2 is 2.15 bits per heavy atom. The molecule has 0 radical (unpaired) electrons. The maximum Gasteiger partial charge on any atom is 0.246 e. The zero-order valence-electron chi connectivity index (χ0n) is 15.6. The molecule has 1 aliphatic heterocycles. The van der Waals surface area contributed by atoms with Crippen LogP contribution in [0.5, 0.6) is 5.75 Å². The highest BCUT2D eigenvalue weighted by molar-refractivity contribution is 7.89. The summed E-state index contributed by atoms with van der Waals surface area (Å²) in [5.41, 5.74) is 0.915. The second-order valence-electron chi connectivity index (χ2n) is 6.78. The number of methoxy groups -OCH3 is 1. The number of carbonyl (C=O) groups excluding carboxylic acids is 1. The molecule has 0 saturated carbocycles. The van der Waals surface area contributed by atoms with Gasteiger partial charge in [0.15, 0.2) is 0 Å². The lowest BCUT2D eigenvalue weighted by Gasteiger charge is -2.31. The van der Waals surface area contributed by atoms with Crippen LogP contribution < -0.4 is 10.1 Å². The van der Waals surface area contributed by atoms with E-state index < -0.39 is 15.9 Å². The lowest BCUT2D eigenvalue weighted by atomic mass is 9.99. The fraction of sp³-hybridized carbons (Fsp3) is 0.611. The Morgan fingerprint density at radius 3 is 2.77 bits per heavy atom. The van der Waals surface area contributed by atoms with Gasteiger partial charge in [0.1, 0.15) is 10.6 Å². The van der Waals surface area contributed by atoms with E-state index in [2.05, 4.69) is 5.32 Å². The van der Waals surface area contributed by atoms with Crippen molar-refractivity contribution in [3.05, 3.63) is 23.8 Å². The SMILES string of the molecule is COc1ccc(C(C)C)cc1S(=O)(=O)N1CCC[C@@H](C(=O)NCCO)C1. The van der Waals surface area contributed by atoms with Crippen molar-refractivity contribution in [1.82, 2.24) is 9.62 Å². The molecule has 26 heavy (non-hydrogen) atoms. The molecule has 0 aliphatic carbocycles. The monoisotopic (exact) mass is 384 g/mol.